The monoisotopic (exact) mass is 372 g/mol. The van der Waals surface area contributed by atoms with Crippen molar-refractivity contribution in [2.75, 3.05) is 10.6 Å². The quantitative estimate of drug-likeness (QED) is 0.896. The lowest BCUT2D eigenvalue weighted by molar-refractivity contribution is 0.0939. The zero-order chi connectivity index (χ0) is 19.1. The van der Waals surface area contributed by atoms with Gasteiger partial charge in [0.05, 0.1) is 18.0 Å². The Kier molecular flexibility index (Phi) is 4.80. The van der Waals surface area contributed by atoms with E-state index in [1.165, 1.54) is 10.6 Å². The molecule has 1 N–H and O–H groups in total. The van der Waals surface area contributed by atoms with Crippen LogP contribution in [-0.2, 0) is 16.4 Å². The molecule has 0 saturated carbocycles. The second-order valence-corrected chi connectivity index (χ2v) is 8.87. The normalized spacial score (nSPS) is 17.7. The van der Waals surface area contributed by atoms with Crippen molar-refractivity contribution in [3.63, 3.8) is 0 Å². The van der Waals surface area contributed by atoms with E-state index in [2.05, 4.69) is 5.32 Å². The van der Waals surface area contributed by atoms with Gasteiger partial charge in [0.1, 0.15) is 0 Å². The average Bonchev–Trinajstić information content (AvgIpc) is 2.89. The molecule has 1 heterocycles. The van der Waals surface area contributed by atoms with Gasteiger partial charge in [0.15, 0.2) is 0 Å². The molecular formula is C20H24N2O3S. The molecule has 0 saturated heterocycles. The summed E-state index contributed by atoms with van der Waals surface area (Å²) in [4.78, 5) is 12.7. The Balaban J connectivity index is 1.82. The largest absolute Gasteiger partial charge is 0.346 e. The molecule has 2 aromatic rings. The maximum Gasteiger partial charge on any atom is 0.251 e. The maximum absolute atomic E-state index is 12.7. The van der Waals surface area contributed by atoms with Crippen LogP contribution >= 0.6 is 0 Å². The fourth-order valence-corrected chi connectivity index (χ4v) is 4.94. The van der Waals surface area contributed by atoms with Gasteiger partial charge < -0.3 is 5.32 Å². The number of anilines is 1. The van der Waals surface area contributed by atoms with E-state index >= 15 is 0 Å². The van der Waals surface area contributed by atoms with Gasteiger partial charge in [-0.15, -0.1) is 0 Å². The Morgan fingerprint density at radius 3 is 2.58 bits per heavy atom. The molecule has 0 unspecified atom stereocenters. The number of carbonyl (C=O) groups excluding carboxylic acids is 1. The molecule has 3 rings (SSSR count). The van der Waals surface area contributed by atoms with E-state index in [-0.39, 0.29) is 18.0 Å². The van der Waals surface area contributed by atoms with E-state index in [1.54, 1.807) is 18.2 Å². The van der Waals surface area contributed by atoms with Gasteiger partial charge in [-0.2, -0.15) is 0 Å². The highest BCUT2D eigenvalue weighted by atomic mass is 32.2. The Bertz CT molecular complexity index is 953. The molecule has 2 aromatic carbocycles. The molecule has 138 valence electrons. The van der Waals surface area contributed by atoms with Crippen molar-refractivity contribution in [3.8, 4) is 0 Å². The third-order valence-electron chi connectivity index (χ3n) is 4.85. The second kappa shape index (κ2) is 6.76. The van der Waals surface area contributed by atoms with Gasteiger partial charge >= 0.3 is 0 Å². The van der Waals surface area contributed by atoms with Crippen LogP contribution < -0.4 is 9.62 Å². The first-order chi connectivity index (χ1) is 12.2. The lowest BCUT2D eigenvalue weighted by Crippen LogP contribution is -2.34. The average molecular weight is 372 g/mol. The van der Waals surface area contributed by atoms with Crippen LogP contribution in [-0.4, -0.2) is 26.6 Å². The smallest absolute Gasteiger partial charge is 0.251 e. The number of benzene rings is 2. The summed E-state index contributed by atoms with van der Waals surface area (Å²) in [6, 6.07) is 12.9. The van der Waals surface area contributed by atoms with Gasteiger partial charge in [0.2, 0.25) is 10.0 Å². The highest BCUT2D eigenvalue weighted by molar-refractivity contribution is 7.92. The molecular weight excluding hydrogens is 348 g/mol. The minimum Gasteiger partial charge on any atom is -0.346 e. The lowest BCUT2D eigenvalue weighted by atomic mass is 10.0. The minimum atomic E-state index is -3.33. The molecule has 0 bridgehead atoms. The Hall–Kier alpha value is -2.34. The third kappa shape index (κ3) is 3.46. The fraction of sp³-hybridized carbons (Fsp3) is 0.350. The molecule has 1 aliphatic rings. The molecule has 0 radical (unpaired) electrons. The molecule has 0 aromatic heterocycles. The van der Waals surface area contributed by atoms with Crippen LogP contribution in [0.1, 0.15) is 46.9 Å². The van der Waals surface area contributed by atoms with Gasteiger partial charge in [-0.1, -0.05) is 24.3 Å². The first-order valence-corrected chi connectivity index (χ1v) is 10.5. The predicted molar refractivity (Wildman–Crippen MR) is 104 cm³/mol. The van der Waals surface area contributed by atoms with Crippen molar-refractivity contribution >= 4 is 21.6 Å². The fourth-order valence-electron chi connectivity index (χ4n) is 3.68. The van der Waals surface area contributed by atoms with Crippen molar-refractivity contribution < 1.29 is 13.2 Å². The molecule has 1 amide bonds. The SMILES string of the molecule is Cc1ccccc1[C@@H](C)NC(=O)c1ccc2c(c1)C[C@H](C)N2S(C)(=O)=O. The number of nitrogens with zero attached hydrogens (tertiary/aromatic N) is 1. The van der Waals surface area contributed by atoms with Gasteiger partial charge in [-0.05, 0) is 62.1 Å². The third-order valence-corrected chi connectivity index (χ3v) is 6.13. The van der Waals surface area contributed by atoms with Crippen molar-refractivity contribution in [1.82, 2.24) is 5.32 Å². The van der Waals surface area contributed by atoms with E-state index in [0.29, 0.717) is 17.7 Å². The van der Waals surface area contributed by atoms with Crippen LogP contribution in [0, 0.1) is 6.92 Å². The first kappa shape index (κ1) is 18.5. The number of aryl methyl sites for hydroxylation is 1. The topological polar surface area (TPSA) is 66.5 Å². The maximum atomic E-state index is 12.7. The van der Waals surface area contributed by atoms with Crippen molar-refractivity contribution in [2.24, 2.45) is 0 Å². The molecule has 6 heteroatoms. The summed E-state index contributed by atoms with van der Waals surface area (Å²) in [6.45, 7) is 5.86. The van der Waals surface area contributed by atoms with E-state index in [0.717, 1.165) is 16.7 Å². The Labute approximate surface area is 155 Å². The van der Waals surface area contributed by atoms with Crippen molar-refractivity contribution in [2.45, 2.75) is 39.3 Å². The van der Waals surface area contributed by atoms with Crippen molar-refractivity contribution in [3.05, 3.63) is 64.7 Å². The summed E-state index contributed by atoms with van der Waals surface area (Å²) in [5.74, 6) is -0.158. The van der Waals surface area contributed by atoms with Crippen LogP contribution in [0.15, 0.2) is 42.5 Å². The molecule has 2 atom stereocenters. The van der Waals surface area contributed by atoms with Crippen molar-refractivity contribution in [1.29, 1.82) is 0 Å². The van der Waals surface area contributed by atoms with Crippen LogP contribution in [0.2, 0.25) is 0 Å². The summed E-state index contributed by atoms with van der Waals surface area (Å²) < 4.78 is 25.4. The number of rotatable bonds is 4. The van der Waals surface area contributed by atoms with Crippen LogP contribution in [0.4, 0.5) is 5.69 Å². The number of sulfonamides is 1. The van der Waals surface area contributed by atoms with E-state index in [1.807, 2.05) is 45.0 Å². The number of hydrogen-bond acceptors (Lipinski definition) is 3. The summed E-state index contributed by atoms with van der Waals surface area (Å²) in [5.41, 5.74) is 4.32. The van der Waals surface area contributed by atoms with Gasteiger partial charge in [-0.3, -0.25) is 9.10 Å². The van der Waals surface area contributed by atoms with Crippen LogP contribution in [0.5, 0.6) is 0 Å². The Morgan fingerprint density at radius 2 is 1.92 bits per heavy atom. The molecule has 0 spiro atoms. The number of hydrogen-bond donors (Lipinski definition) is 1. The standard InChI is InChI=1S/C20H24N2O3S/c1-13-7-5-6-8-18(13)15(3)21-20(23)16-9-10-19-17(12-16)11-14(2)22(19)26(4,24)25/h5-10,12,14-15H,11H2,1-4H3,(H,21,23)/t14-,15+/m0/s1. The van der Waals surface area contributed by atoms with E-state index in [4.69, 9.17) is 0 Å². The zero-order valence-electron chi connectivity index (χ0n) is 15.5. The van der Waals surface area contributed by atoms with Gasteiger partial charge in [0.25, 0.3) is 5.91 Å². The first-order valence-electron chi connectivity index (χ1n) is 8.67. The summed E-state index contributed by atoms with van der Waals surface area (Å²) in [5, 5.41) is 3.03. The predicted octanol–water partition coefficient (Wildman–Crippen LogP) is 3.20. The summed E-state index contributed by atoms with van der Waals surface area (Å²) in [7, 11) is -3.33. The second-order valence-electron chi connectivity index (χ2n) is 7.01. The van der Waals surface area contributed by atoms with Crippen LogP contribution in [0.25, 0.3) is 0 Å². The minimum absolute atomic E-state index is 0.108. The van der Waals surface area contributed by atoms with Crippen LogP contribution in [0.3, 0.4) is 0 Å². The van der Waals surface area contributed by atoms with Gasteiger partial charge in [0, 0.05) is 11.6 Å². The summed E-state index contributed by atoms with van der Waals surface area (Å²) in [6.07, 6.45) is 1.82. The zero-order valence-corrected chi connectivity index (χ0v) is 16.3. The van der Waals surface area contributed by atoms with E-state index < -0.39 is 10.0 Å². The number of amides is 1. The summed E-state index contributed by atoms with van der Waals surface area (Å²) >= 11 is 0. The lowest BCUT2D eigenvalue weighted by Gasteiger charge is -2.22. The highest BCUT2D eigenvalue weighted by Crippen LogP contribution is 2.34. The molecule has 1 aliphatic heterocycles. The highest BCUT2D eigenvalue weighted by Gasteiger charge is 2.32. The number of fused-ring (bicyclic) bond motifs is 1. The number of nitrogens with one attached hydrogen (secondary N) is 1. The molecule has 0 fully saturated rings. The number of carbonyl (C=O) groups is 1. The molecule has 5 nitrogen and oxygen atoms in total. The van der Waals surface area contributed by atoms with Gasteiger partial charge in [-0.25, -0.2) is 8.42 Å². The Morgan fingerprint density at radius 1 is 1.23 bits per heavy atom. The van der Waals surface area contributed by atoms with E-state index in [9.17, 15) is 13.2 Å². The molecule has 0 aliphatic carbocycles. The molecule has 26 heavy (non-hydrogen) atoms.